The van der Waals surface area contributed by atoms with Gasteiger partial charge in [-0.3, -0.25) is 19.2 Å². The number of Topliss-reactive ketones (excluding diaryl/α,β-unsaturated/α-hetero) is 1. The predicted octanol–water partition coefficient (Wildman–Crippen LogP) is 5.51. The van der Waals surface area contributed by atoms with Crippen LogP contribution in [0.1, 0.15) is 69.9 Å². The van der Waals surface area contributed by atoms with E-state index < -0.39 is 35.8 Å². The number of urea groups is 1. The molecule has 2 aliphatic heterocycles. The Labute approximate surface area is 266 Å². The van der Waals surface area contributed by atoms with Gasteiger partial charge in [0, 0.05) is 22.8 Å². The zero-order valence-electron chi connectivity index (χ0n) is 25.2. The molecule has 0 spiro atoms. The van der Waals surface area contributed by atoms with Gasteiger partial charge in [0.25, 0.3) is 11.8 Å². The summed E-state index contributed by atoms with van der Waals surface area (Å²) < 4.78 is 5.52. The molecule has 2 aliphatic rings. The molecule has 10 nitrogen and oxygen atoms in total. The summed E-state index contributed by atoms with van der Waals surface area (Å²) in [6, 6.07) is 18.9. The molecule has 5 rings (SSSR count). The molecule has 0 aromatic heterocycles. The highest BCUT2D eigenvalue weighted by Gasteiger charge is 2.43. The molecule has 0 saturated carbocycles. The lowest BCUT2D eigenvalue weighted by atomic mass is 9.86. The average molecular weight is 629 g/mol. The van der Waals surface area contributed by atoms with E-state index in [9.17, 15) is 24.0 Å². The predicted molar refractivity (Wildman–Crippen MR) is 170 cm³/mol. The third kappa shape index (κ3) is 6.72. The number of halogens is 1. The molecular formula is C34H33ClN4O6. The summed E-state index contributed by atoms with van der Waals surface area (Å²) in [6.07, 6.45) is 0.145. The number of hydrogen-bond acceptors (Lipinski definition) is 7. The van der Waals surface area contributed by atoms with E-state index in [2.05, 4.69) is 10.3 Å². The second kappa shape index (κ2) is 13.5. The fraction of sp³-hybridized carbons (Fsp3) is 0.294. The van der Waals surface area contributed by atoms with Gasteiger partial charge in [0.15, 0.2) is 5.78 Å². The van der Waals surface area contributed by atoms with Crippen LogP contribution in [0.5, 0.6) is 0 Å². The first kappa shape index (κ1) is 31.7. The van der Waals surface area contributed by atoms with Gasteiger partial charge in [-0.2, -0.15) is 0 Å². The number of anilines is 1. The third-order valence-corrected chi connectivity index (χ3v) is 7.93. The smallest absolute Gasteiger partial charge is 0.344 e. The number of ketones is 1. The molecule has 2 unspecified atom stereocenters. The van der Waals surface area contributed by atoms with Crippen LogP contribution in [0, 0.1) is 5.92 Å². The van der Waals surface area contributed by atoms with E-state index in [1.807, 2.05) is 6.07 Å². The molecule has 11 heteroatoms. The number of esters is 1. The molecule has 45 heavy (non-hydrogen) atoms. The second-order valence-corrected chi connectivity index (χ2v) is 11.6. The minimum absolute atomic E-state index is 0.0403. The molecule has 232 valence electrons. The average Bonchev–Trinajstić information content (AvgIpc) is 3.26. The van der Waals surface area contributed by atoms with Crippen molar-refractivity contribution in [1.29, 1.82) is 0 Å². The number of hydrogen-bond donors (Lipinski definition) is 1. The summed E-state index contributed by atoms with van der Waals surface area (Å²) in [5.41, 5.74) is 2.59. The number of rotatable bonds is 11. The number of imide groups is 1. The molecule has 0 bridgehead atoms. The van der Waals surface area contributed by atoms with Crippen LogP contribution in [-0.4, -0.2) is 65.9 Å². The molecule has 3 aromatic rings. The maximum atomic E-state index is 13.1. The Bertz CT molecular complexity index is 1650. The van der Waals surface area contributed by atoms with Crippen LogP contribution in [0.2, 0.25) is 5.02 Å². The van der Waals surface area contributed by atoms with Gasteiger partial charge in [-0.15, -0.1) is 0 Å². The van der Waals surface area contributed by atoms with Crippen LogP contribution in [0.4, 0.5) is 10.5 Å². The third-order valence-electron chi connectivity index (χ3n) is 7.69. The fourth-order valence-electron chi connectivity index (χ4n) is 5.61. The number of carbonyl (C=O) groups excluding carboxylic acids is 5. The fourth-order valence-corrected chi connectivity index (χ4v) is 5.81. The number of fused-ring (bicyclic) bond motifs is 1. The van der Waals surface area contributed by atoms with E-state index in [0.29, 0.717) is 51.6 Å². The van der Waals surface area contributed by atoms with Gasteiger partial charge in [0.1, 0.15) is 5.92 Å². The van der Waals surface area contributed by atoms with Crippen LogP contribution in [0.25, 0.3) is 0 Å². The minimum atomic E-state index is -0.790. The quantitative estimate of drug-likeness (QED) is 0.128. The molecular weight excluding hydrogens is 596 g/mol. The molecule has 1 N–H and O–H groups in total. The SMILES string of the molecule is CC1=NC(=O)N(CCCNCC(=O)c2ccc(N3C(=O)c4ccccc4C3=O)cc2)C(c2cccc(Cl)c2)C1C(=O)OC(C)C. The first-order valence-electron chi connectivity index (χ1n) is 14.7. The second-order valence-electron chi connectivity index (χ2n) is 11.2. The van der Waals surface area contributed by atoms with Crippen molar-refractivity contribution in [3.05, 3.63) is 100 Å². The first-order valence-corrected chi connectivity index (χ1v) is 15.1. The lowest BCUT2D eigenvalue weighted by Gasteiger charge is -2.39. The number of aliphatic imine (C=N–C) groups is 1. The Balaban J connectivity index is 1.19. The van der Waals surface area contributed by atoms with Gasteiger partial charge in [-0.1, -0.05) is 35.9 Å². The van der Waals surface area contributed by atoms with E-state index in [1.54, 1.807) is 92.4 Å². The van der Waals surface area contributed by atoms with E-state index in [0.717, 1.165) is 4.90 Å². The summed E-state index contributed by atoms with van der Waals surface area (Å²) in [5, 5.41) is 3.59. The summed E-state index contributed by atoms with van der Waals surface area (Å²) in [4.78, 5) is 71.4. The van der Waals surface area contributed by atoms with E-state index in [-0.39, 0.29) is 25.0 Å². The summed E-state index contributed by atoms with van der Waals surface area (Å²) >= 11 is 6.27. The summed E-state index contributed by atoms with van der Waals surface area (Å²) in [6.45, 7) is 5.90. The number of amides is 4. The Morgan fingerprint density at radius 3 is 2.24 bits per heavy atom. The van der Waals surface area contributed by atoms with Crippen LogP contribution in [0.15, 0.2) is 77.8 Å². The van der Waals surface area contributed by atoms with Crippen LogP contribution < -0.4 is 10.2 Å². The highest BCUT2D eigenvalue weighted by molar-refractivity contribution is 6.34. The monoisotopic (exact) mass is 628 g/mol. The molecule has 0 aliphatic carbocycles. The van der Waals surface area contributed by atoms with Crippen LogP contribution in [-0.2, 0) is 9.53 Å². The summed E-state index contributed by atoms with van der Waals surface area (Å²) in [5.74, 6) is -2.23. The van der Waals surface area contributed by atoms with Crippen molar-refractivity contribution in [2.45, 2.75) is 39.3 Å². The van der Waals surface area contributed by atoms with Crippen molar-refractivity contribution >= 4 is 52.6 Å². The lowest BCUT2D eigenvalue weighted by molar-refractivity contribution is -0.151. The molecule has 4 amide bonds. The number of nitrogens with zero attached hydrogens (tertiary/aromatic N) is 3. The van der Waals surface area contributed by atoms with Crippen molar-refractivity contribution in [3.8, 4) is 0 Å². The Kier molecular flexibility index (Phi) is 9.55. The molecule has 0 radical (unpaired) electrons. The highest BCUT2D eigenvalue weighted by atomic mass is 35.5. The molecule has 3 aromatic carbocycles. The van der Waals surface area contributed by atoms with Gasteiger partial charge in [0.2, 0.25) is 0 Å². The largest absolute Gasteiger partial charge is 0.462 e. The van der Waals surface area contributed by atoms with Crippen LogP contribution in [0.3, 0.4) is 0 Å². The zero-order chi connectivity index (χ0) is 32.2. The zero-order valence-corrected chi connectivity index (χ0v) is 25.9. The molecule has 2 atom stereocenters. The maximum absolute atomic E-state index is 13.1. The Morgan fingerprint density at radius 2 is 1.62 bits per heavy atom. The summed E-state index contributed by atoms with van der Waals surface area (Å²) in [7, 11) is 0. The van der Waals surface area contributed by atoms with Gasteiger partial charge >= 0.3 is 12.0 Å². The van der Waals surface area contributed by atoms with Crippen molar-refractivity contribution < 1.29 is 28.7 Å². The number of nitrogens with one attached hydrogen (secondary N) is 1. The topological polar surface area (TPSA) is 125 Å². The van der Waals surface area contributed by atoms with Crippen LogP contribution >= 0.6 is 11.6 Å². The van der Waals surface area contributed by atoms with Crippen molar-refractivity contribution in [1.82, 2.24) is 10.2 Å². The number of carbonyl (C=O) groups is 5. The maximum Gasteiger partial charge on any atom is 0.344 e. The van der Waals surface area contributed by atoms with Gasteiger partial charge in [-0.05, 0) is 87.8 Å². The molecule has 0 saturated heterocycles. The minimum Gasteiger partial charge on any atom is -0.462 e. The Morgan fingerprint density at radius 1 is 0.956 bits per heavy atom. The number of ether oxygens (including phenoxy) is 1. The standard InChI is InChI=1S/C34H33ClN4O6/c1-20(2)45-33(43)29-21(3)37-34(44)38(30(29)23-8-6-9-24(35)18-23)17-7-16-36-19-28(40)22-12-14-25(15-13-22)39-31(41)26-10-4-5-11-27(26)32(39)42/h4-6,8-15,18,20,29-30,36H,7,16-17,19H2,1-3H3. The normalized spacial score (nSPS) is 17.9. The highest BCUT2D eigenvalue weighted by Crippen LogP contribution is 2.36. The van der Waals surface area contributed by atoms with Crippen molar-refractivity contribution in [2.75, 3.05) is 24.5 Å². The first-order chi connectivity index (χ1) is 21.6. The molecule has 0 fully saturated rings. The Hall–Kier alpha value is -4.67. The van der Waals surface area contributed by atoms with E-state index in [1.165, 1.54) is 0 Å². The lowest BCUT2D eigenvalue weighted by Crippen LogP contribution is -2.48. The van der Waals surface area contributed by atoms with Gasteiger partial charge < -0.3 is 15.0 Å². The van der Waals surface area contributed by atoms with E-state index >= 15 is 0 Å². The molecule has 2 heterocycles. The van der Waals surface area contributed by atoms with Crippen molar-refractivity contribution in [2.24, 2.45) is 10.9 Å². The van der Waals surface area contributed by atoms with E-state index in [4.69, 9.17) is 16.3 Å². The van der Waals surface area contributed by atoms with Gasteiger partial charge in [0.05, 0.1) is 35.5 Å². The van der Waals surface area contributed by atoms with Crippen molar-refractivity contribution in [3.63, 3.8) is 0 Å². The van der Waals surface area contributed by atoms with Gasteiger partial charge in [-0.25, -0.2) is 14.7 Å². The number of benzene rings is 3.